The molecule has 36 heavy (non-hydrogen) atoms. The smallest absolute Gasteiger partial charge is 0.268 e. The van der Waals surface area contributed by atoms with E-state index in [1.807, 2.05) is 41.8 Å². The molecule has 0 fully saturated rings. The Morgan fingerprint density at radius 1 is 0.944 bits per heavy atom. The highest BCUT2D eigenvalue weighted by Gasteiger charge is 2.21. The van der Waals surface area contributed by atoms with Gasteiger partial charge in [0, 0.05) is 10.4 Å². The van der Waals surface area contributed by atoms with E-state index in [9.17, 15) is 9.59 Å². The molecule has 1 atom stereocenters. The second-order valence-corrected chi connectivity index (χ2v) is 9.51. The molecular weight excluding hydrogens is 476 g/mol. The number of hydrogen-bond donors (Lipinski definition) is 2. The van der Waals surface area contributed by atoms with E-state index in [4.69, 9.17) is 14.2 Å². The molecule has 3 aromatic rings. The van der Waals surface area contributed by atoms with Gasteiger partial charge >= 0.3 is 0 Å². The summed E-state index contributed by atoms with van der Waals surface area (Å²) < 4.78 is 15.8. The number of carbonyl (C=O) groups is 2. The summed E-state index contributed by atoms with van der Waals surface area (Å²) in [6.45, 7) is 4.20. The van der Waals surface area contributed by atoms with Crippen molar-refractivity contribution in [1.82, 2.24) is 10.6 Å². The van der Waals surface area contributed by atoms with Crippen molar-refractivity contribution in [2.24, 2.45) is 5.92 Å². The lowest BCUT2D eigenvalue weighted by Gasteiger charge is -2.22. The molecule has 0 aliphatic heterocycles. The third-order valence-corrected chi connectivity index (χ3v) is 6.32. The maximum Gasteiger partial charge on any atom is 0.268 e. The SMILES string of the molecule is COc1ccc([C@H](CC(C)C)NC(=O)/C(=C/c2cccs2)NC(=O)c2ccc(OC)c(OC)c2)cc1. The van der Waals surface area contributed by atoms with Crippen LogP contribution in [0.1, 0.15) is 47.1 Å². The quantitative estimate of drug-likeness (QED) is 0.337. The van der Waals surface area contributed by atoms with Gasteiger partial charge in [0.2, 0.25) is 0 Å². The van der Waals surface area contributed by atoms with Crippen LogP contribution in [0.3, 0.4) is 0 Å². The summed E-state index contributed by atoms with van der Waals surface area (Å²) >= 11 is 1.47. The summed E-state index contributed by atoms with van der Waals surface area (Å²) in [5, 5.41) is 7.81. The molecule has 0 aliphatic rings. The van der Waals surface area contributed by atoms with Crippen LogP contribution in [0.5, 0.6) is 17.2 Å². The van der Waals surface area contributed by atoms with Crippen LogP contribution in [0.4, 0.5) is 0 Å². The zero-order valence-electron chi connectivity index (χ0n) is 21.2. The average molecular weight is 509 g/mol. The van der Waals surface area contributed by atoms with Gasteiger partial charge in [-0.05, 0) is 65.8 Å². The lowest BCUT2D eigenvalue weighted by molar-refractivity contribution is -0.118. The van der Waals surface area contributed by atoms with Gasteiger partial charge in [0.25, 0.3) is 11.8 Å². The predicted molar refractivity (Wildman–Crippen MR) is 143 cm³/mol. The van der Waals surface area contributed by atoms with E-state index in [-0.39, 0.29) is 17.6 Å². The number of ether oxygens (including phenoxy) is 3. The van der Waals surface area contributed by atoms with Gasteiger partial charge in [-0.25, -0.2) is 0 Å². The minimum absolute atomic E-state index is 0.152. The van der Waals surface area contributed by atoms with Crippen LogP contribution in [-0.2, 0) is 4.79 Å². The summed E-state index contributed by atoms with van der Waals surface area (Å²) in [7, 11) is 4.65. The minimum atomic E-state index is -0.432. The van der Waals surface area contributed by atoms with E-state index >= 15 is 0 Å². The molecule has 0 aliphatic carbocycles. The van der Waals surface area contributed by atoms with Gasteiger partial charge in [-0.3, -0.25) is 9.59 Å². The number of rotatable bonds is 11. The summed E-state index contributed by atoms with van der Waals surface area (Å²) in [5.41, 5.74) is 1.45. The van der Waals surface area contributed by atoms with Gasteiger partial charge in [0.1, 0.15) is 11.4 Å². The number of carbonyl (C=O) groups excluding carboxylic acids is 2. The van der Waals surface area contributed by atoms with Crippen molar-refractivity contribution in [1.29, 1.82) is 0 Å². The Morgan fingerprint density at radius 3 is 2.25 bits per heavy atom. The molecule has 0 saturated carbocycles. The third-order valence-electron chi connectivity index (χ3n) is 5.50. The Hall–Kier alpha value is -3.78. The molecule has 2 N–H and O–H groups in total. The standard InChI is InChI=1S/C28H32N2O5S/c1-18(2)15-23(19-8-11-21(33-3)12-9-19)29-28(32)24(17-22-7-6-14-36-22)30-27(31)20-10-13-25(34-4)26(16-20)35-5/h6-14,16-18,23H,15H2,1-5H3,(H,29,32)(H,30,31)/b24-17-/t23-/m0/s1. The number of methoxy groups -OCH3 is 3. The van der Waals surface area contributed by atoms with Gasteiger partial charge in [-0.1, -0.05) is 32.0 Å². The summed E-state index contributed by atoms with van der Waals surface area (Å²) in [5.74, 6) is 1.21. The molecule has 1 aromatic heterocycles. The number of nitrogens with one attached hydrogen (secondary N) is 2. The summed E-state index contributed by atoms with van der Waals surface area (Å²) in [6, 6.07) is 16.0. The van der Waals surface area contributed by atoms with Crippen LogP contribution >= 0.6 is 11.3 Å². The van der Waals surface area contributed by atoms with Crippen molar-refractivity contribution in [3.05, 3.63) is 81.7 Å². The Morgan fingerprint density at radius 2 is 1.67 bits per heavy atom. The van der Waals surface area contributed by atoms with Crippen LogP contribution in [0.15, 0.2) is 65.7 Å². The lowest BCUT2D eigenvalue weighted by Crippen LogP contribution is -2.37. The molecule has 2 aromatic carbocycles. The zero-order chi connectivity index (χ0) is 26.1. The Kier molecular flexibility index (Phi) is 9.53. The largest absolute Gasteiger partial charge is 0.497 e. The first-order valence-corrected chi connectivity index (χ1v) is 12.5. The predicted octanol–water partition coefficient (Wildman–Crippen LogP) is 5.45. The number of hydrogen-bond acceptors (Lipinski definition) is 6. The Balaban J connectivity index is 1.88. The van der Waals surface area contributed by atoms with E-state index in [0.29, 0.717) is 23.0 Å². The molecule has 2 amide bonds. The van der Waals surface area contributed by atoms with Crippen molar-refractivity contribution in [3.63, 3.8) is 0 Å². The maximum absolute atomic E-state index is 13.5. The maximum atomic E-state index is 13.5. The highest BCUT2D eigenvalue weighted by Crippen LogP contribution is 2.28. The molecule has 0 saturated heterocycles. The molecule has 0 spiro atoms. The fourth-order valence-corrected chi connectivity index (χ4v) is 4.33. The second kappa shape index (κ2) is 12.8. The normalized spacial score (nSPS) is 12.1. The number of amides is 2. The Bertz CT molecular complexity index is 1190. The van der Waals surface area contributed by atoms with Gasteiger partial charge in [0.05, 0.1) is 27.4 Å². The second-order valence-electron chi connectivity index (χ2n) is 8.53. The summed E-state index contributed by atoms with van der Waals surface area (Å²) in [4.78, 5) is 27.5. The molecule has 8 heteroatoms. The Labute approximate surface area is 216 Å². The highest BCUT2D eigenvalue weighted by molar-refractivity contribution is 7.10. The van der Waals surface area contributed by atoms with Crippen molar-refractivity contribution in [2.45, 2.75) is 26.3 Å². The average Bonchev–Trinajstić information content (AvgIpc) is 3.40. The number of benzene rings is 2. The molecule has 1 heterocycles. The van der Waals surface area contributed by atoms with Crippen molar-refractivity contribution >= 4 is 29.2 Å². The molecule has 0 radical (unpaired) electrons. The van der Waals surface area contributed by atoms with Gasteiger partial charge in [-0.15, -0.1) is 11.3 Å². The zero-order valence-corrected chi connectivity index (χ0v) is 22.0. The van der Waals surface area contributed by atoms with E-state index in [2.05, 4.69) is 24.5 Å². The van der Waals surface area contributed by atoms with Crippen LogP contribution in [0.25, 0.3) is 6.08 Å². The van der Waals surface area contributed by atoms with E-state index in [0.717, 1.165) is 22.6 Å². The van der Waals surface area contributed by atoms with Gasteiger partial charge < -0.3 is 24.8 Å². The molecule has 190 valence electrons. The third kappa shape index (κ3) is 7.11. The molecule has 3 rings (SSSR count). The van der Waals surface area contributed by atoms with Gasteiger partial charge in [0.15, 0.2) is 11.5 Å². The topological polar surface area (TPSA) is 85.9 Å². The first kappa shape index (κ1) is 26.8. The van der Waals surface area contributed by atoms with Crippen LogP contribution in [-0.4, -0.2) is 33.1 Å². The van der Waals surface area contributed by atoms with E-state index in [1.54, 1.807) is 31.4 Å². The molecule has 0 bridgehead atoms. The first-order chi connectivity index (χ1) is 17.3. The first-order valence-electron chi connectivity index (χ1n) is 11.6. The fraction of sp³-hybridized carbons (Fsp3) is 0.286. The van der Waals surface area contributed by atoms with Crippen molar-refractivity contribution in [2.75, 3.05) is 21.3 Å². The van der Waals surface area contributed by atoms with Gasteiger partial charge in [-0.2, -0.15) is 0 Å². The molecular formula is C28H32N2O5S. The highest BCUT2D eigenvalue weighted by atomic mass is 32.1. The fourth-order valence-electron chi connectivity index (χ4n) is 3.67. The lowest BCUT2D eigenvalue weighted by atomic mass is 9.96. The monoisotopic (exact) mass is 508 g/mol. The molecule has 0 unspecified atom stereocenters. The number of thiophene rings is 1. The van der Waals surface area contributed by atoms with Crippen molar-refractivity contribution in [3.8, 4) is 17.2 Å². The van der Waals surface area contributed by atoms with E-state index in [1.165, 1.54) is 25.6 Å². The van der Waals surface area contributed by atoms with Crippen LogP contribution in [0, 0.1) is 5.92 Å². The minimum Gasteiger partial charge on any atom is -0.497 e. The van der Waals surface area contributed by atoms with E-state index < -0.39 is 5.91 Å². The van der Waals surface area contributed by atoms with Crippen molar-refractivity contribution < 1.29 is 23.8 Å². The molecule has 7 nitrogen and oxygen atoms in total. The van der Waals surface area contributed by atoms with Crippen LogP contribution < -0.4 is 24.8 Å². The summed E-state index contributed by atoms with van der Waals surface area (Å²) in [6.07, 6.45) is 2.41. The van der Waals surface area contributed by atoms with Crippen LogP contribution in [0.2, 0.25) is 0 Å².